The molecule has 0 saturated carbocycles. The number of carbonyl (C=O) groups is 2. The van der Waals surface area contributed by atoms with E-state index in [1.54, 1.807) is 6.92 Å². The quantitative estimate of drug-likeness (QED) is 0.609. The van der Waals surface area contributed by atoms with Crippen LogP contribution >= 0.6 is 0 Å². The summed E-state index contributed by atoms with van der Waals surface area (Å²) in [5.74, 6) is -0.687. The lowest BCUT2D eigenvalue weighted by atomic mass is 10.1. The molecule has 1 aliphatic heterocycles. The van der Waals surface area contributed by atoms with Gasteiger partial charge in [-0.15, -0.1) is 0 Å². The van der Waals surface area contributed by atoms with Gasteiger partial charge in [0.15, 0.2) is 0 Å². The van der Waals surface area contributed by atoms with Crippen LogP contribution in [0.3, 0.4) is 0 Å². The van der Waals surface area contributed by atoms with Crippen LogP contribution in [0.5, 0.6) is 5.75 Å². The van der Waals surface area contributed by atoms with Gasteiger partial charge in [0.1, 0.15) is 5.75 Å². The van der Waals surface area contributed by atoms with E-state index in [-0.39, 0.29) is 12.6 Å². The van der Waals surface area contributed by atoms with Crippen molar-refractivity contribution < 1.29 is 19.1 Å². The first-order valence-corrected chi connectivity index (χ1v) is 8.57. The maximum atomic E-state index is 11.8. The Kier molecular flexibility index (Phi) is 7.06. The third kappa shape index (κ3) is 4.96. The second-order valence-corrected chi connectivity index (χ2v) is 5.69. The Morgan fingerprint density at radius 3 is 2.38 bits per heavy atom. The van der Waals surface area contributed by atoms with E-state index in [4.69, 9.17) is 9.47 Å². The van der Waals surface area contributed by atoms with Crippen molar-refractivity contribution >= 4 is 11.9 Å². The fourth-order valence-electron chi connectivity index (χ4n) is 2.92. The molecule has 1 unspecified atom stereocenters. The predicted octanol–water partition coefficient (Wildman–Crippen LogP) is 1.90. The van der Waals surface area contributed by atoms with E-state index in [1.165, 1.54) is 0 Å². The van der Waals surface area contributed by atoms with Gasteiger partial charge in [-0.25, -0.2) is 4.79 Å². The fourth-order valence-corrected chi connectivity index (χ4v) is 2.92. The van der Waals surface area contributed by atoms with E-state index in [9.17, 15) is 9.59 Å². The highest BCUT2D eigenvalue weighted by atomic mass is 16.5. The molecule has 1 aromatic rings. The van der Waals surface area contributed by atoms with Crippen molar-refractivity contribution in [3.8, 4) is 5.75 Å². The molecule has 6 heteroatoms. The number of nitrogens with zero attached hydrogens (tertiary/aromatic N) is 1. The molecule has 2 rings (SSSR count). The van der Waals surface area contributed by atoms with Crippen molar-refractivity contribution in [2.24, 2.45) is 0 Å². The SMILES string of the molecule is CCOC(=O)C(=O)NCC(c1ccc(OCC)cc1)N1CCCC1. The summed E-state index contributed by atoms with van der Waals surface area (Å²) in [6.07, 6.45) is 2.30. The van der Waals surface area contributed by atoms with Crippen molar-refractivity contribution in [1.82, 2.24) is 10.2 Å². The van der Waals surface area contributed by atoms with Gasteiger partial charge >= 0.3 is 11.9 Å². The molecule has 132 valence electrons. The van der Waals surface area contributed by atoms with Gasteiger partial charge in [0.2, 0.25) is 0 Å². The molecular weight excluding hydrogens is 308 g/mol. The summed E-state index contributed by atoms with van der Waals surface area (Å²) in [6, 6.07) is 7.96. The standard InChI is InChI=1S/C18H26N2O4/c1-3-23-15-9-7-14(8-10-15)16(20-11-5-6-12-20)13-19-17(21)18(22)24-4-2/h7-10,16H,3-6,11-13H2,1-2H3,(H,19,21). The molecule has 1 aliphatic rings. The zero-order valence-corrected chi connectivity index (χ0v) is 14.4. The summed E-state index contributed by atoms with van der Waals surface area (Å²) in [6.45, 7) is 6.82. The van der Waals surface area contributed by atoms with Crippen LogP contribution in [0, 0.1) is 0 Å². The molecule has 1 aromatic carbocycles. The monoisotopic (exact) mass is 334 g/mol. The number of benzene rings is 1. The van der Waals surface area contributed by atoms with Crippen LogP contribution in [-0.2, 0) is 14.3 Å². The Morgan fingerprint density at radius 1 is 1.12 bits per heavy atom. The molecule has 6 nitrogen and oxygen atoms in total. The number of likely N-dealkylation sites (tertiary alicyclic amines) is 1. The van der Waals surface area contributed by atoms with Gasteiger partial charge in [-0.1, -0.05) is 12.1 Å². The number of hydrogen-bond donors (Lipinski definition) is 1. The largest absolute Gasteiger partial charge is 0.494 e. The first-order chi connectivity index (χ1) is 11.7. The van der Waals surface area contributed by atoms with Crippen LogP contribution in [0.2, 0.25) is 0 Å². The normalized spacial score (nSPS) is 15.8. The van der Waals surface area contributed by atoms with E-state index in [2.05, 4.69) is 10.2 Å². The maximum absolute atomic E-state index is 11.8. The van der Waals surface area contributed by atoms with Crippen LogP contribution in [0.15, 0.2) is 24.3 Å². The molecular formula is C18H26N2O4. The summed E-state index contributed by atoms with van der Waals surface area (Å²) in [7, 11) is 0. The van der Waals surface area contributed by atoms with E-state index >= 15 is 0 Å². The molecule has 0 radical (unpaired) electrons. The van der Waals surface area contributed by atoms with Crippen LogP contribution in [0.4, 0.5) is 0 Å². The molecule has 24 heavy (non-hydrogen) atoms. The second kappa shape index (κ2) is 9.27. The Morgan fingerprint density at radius 2 is 1.79 bits per heavy atom. The first kappa shape index (κ1) is 18.3. The van der Waals surface area contributed by atoms with Gasteiger partial charge in [-0.2, -0.15) is 0 Å². The number of amides is 1. The minimum absolute atomic E-state index is 0.0431. The molecule has 1 amide bonds. The lowest BCUT2D eigenvalue weighted by Gasteiger charge is -2.28. The topological polar surface area (TPSA) is 67.9 Å². The summed E-state index contributed by atoms with van der Waals surface area (Å²) in [5.41, 5.74) is 1.10. The van der Waals surface area contributed by atoms with Crippen molar-refractivity contribution in [2.75, 3.05) is 32.8 Å². The number of esters is 1. The molecule has 1 N–H and O–H groups in total. The molecule has 0 bridgehead atoms. The summed E-state index contributed by atoms with van der Waals surface area (Å²) < 4.78 is 10.2. The zero-order valence-electron chi connectivity index (χ0n) is 14.4. The number of rotatable bonds is 7. The number of hydrogen-bond acceptors (Lipinski definition) is 5. The number of nitrogens with one attached hydrogen (secondary N) is 1. The Balaban J connectivity index is 2.04. The maximum Gasteiger partial charge on any atom is 0.396 e. The Hall–Kier alpha value is -2.08. The Bertz CT molecular complexity index is 538. The van der Waals surface area contributed by atoms with Crippen LogP contribution in [0.25, 0.3) is 0 Å². The highest BCUT2D eigenvalue weighted by molar-refractivity contribution is 6.32. The molecule has 0 aromatic heterocycles. The minimum Gasteiger partial charge on any atom is -0.494 e. The van der Waals surface area contributed by atoms with Crippen molar-refractivity contribution in [3.05, 3.63) is 29.8 Å². The van der Waals surface area contributed by atoms with Crippen LogP contribution in [0.1, 0.15) is 38.3 Å². The summed E-state index contributed by atoms with van der Waals surface area (Å²) in [5, 5.41) is 2.70. The van der Waals surface area contributed by atoms with Gasteiger partial charge in [0.05, 0.1) is 19.3 Å². The van der Waals surface area contributed by atoms with Crippen LogP contribution < -0.4 is 10.1 Å². The highest BCUT2D eigenvalue weighted by Gasteiger charge is 2.25. The average molecular weight is 334 g/mol. The summed E-state index contributed by atoms with van der Waals surface area (Å²) >= 11 is 0. The zero-order chi connectivity index (χ0) is 17.4. The van der Waals surface area contributed by atoms with E-state index in [0.29, 0.717) is 13.2 Å². The van der Waals surface area contributed by atoms with Crippen molar-refractivity contribution in [3.63, 3.8) is 0 Å². The molecule has 1 atom stereocenters. The van der Waals surface area contributed by atoms with E-state index < -0.39 is 11.9 Å². The smallest absolute Gasteiger partial charge is 0.396 e. The van der Waals surface area contributed by atoms with E-state index in [1.807, 2.05) is 31.2 Å². The van der Waals surface area contributed by atoms with E-state index in [0.717, 1.165) is 37.2 Å². The third-order valence-corrected chi connectivity index (χ3v) is 4.07. The fraction of sp³-hybridized carbons (Fsp3) is 0.556. The van der Waals surface area contributed by atoms with Gasteiger partial charge < -0.3 is 14.8 Å². The molecule has 0 aliphatic carbocycles. The average Bonchev–Trinajstić information content (AvgIpc) is 3.11. The second-order valence-electron chi connectivity index (χ2n) is 5.69. The minimum atomic E-state index is -0.829. The lowest BCUT2D eigenvalue weighted by Crippen LogP contribution is -2.40. The van der Waals surface area contributed by atoms with Gasteiger partial charge in [-0.3, -0.25) is 9.69 Å². The first-order valence-electron chi connectivity index (χ1n) is 8.57. The molecule has 1 heterocycles. The number of carbonyl (C=O) groups excluding carboxylic acids is 2. The summed E-state index contributed by atoms with van der Waals surface area (Å²) in [4.78, 5) is 25.6. The van der Waals surface area contributed by atoms with Gasteiger partial charge in [0, 0.05) is 6.54 Å². The predicted molar refractivity (Wildman–Crippen MR) is 90.8 cm³/mol. The lowest BCUT2D eigenvalue weighted by molar-refractivity contribution is -0.154. The van der Waals surface area contributed by atoms with Crippen molar-refractivity contribution in [2.45, 2.75) is 32.7 Å². The third-order valence-electron chi connectivity index (χ3n) is 4.07. The molecule has 1 saturated heterocycles. The highest BCUT2D eigenvalue weighted by Crippen LogP contribution is 2.26. The van der Waals surface area contributed by atoms with Gasteiger partial charge in [-0.05, 0) is 57.5 Å². The number of ether oxygens (including phenoxy) is 2. The van der Waals surface area contributed by atoms with Gasteiger partial charge in [0.25, 0.3) is 0 Å². The molecule has 1 fully saturated rings. The Labute approximate surface area is 143 Å². The van der Waals surface area contributed by atoms with Crippen LogP contribution in [-0.4, -0.2) is 49.6 Å². The van der Waals surface area contributed by atoms with Crippen molar-refractivity contribution in [1.29, 1.82) is 0 Å². The molecule has 0 spiro atoms.